The van der Waals surface area contributed by atoms with Crippen molar-refractivity contribution in [2.75, 3.05) is 6.54 Å². The third-order valence-corrected chi connectivity index (χ3v) is 4.24. The van der Waals surface area contributed by atoms with E-state index in [4.69, 9.17) is 0 Å². The highest BCUT2D eigenvalue weighted by atomic mass is 16.2. The lowest BCUT2D eigenvalue weighted by Gasteiger charge is -2.11. The summed E-state index contributed by atoms with van der Waals surface area (Å²) < 4.78 is 0. The van der Waals surface area contributed by atoms with Crippen molar-refractivity contribution in [3.05, 3.63) is 41.2 Å². The number of imide groups is 1. The average molecular weight is 356 g/mol. The first kappa shape index (κ1) is 17.7. The van der Waals surface area contributed by atoms with Crippen LogP contribution in [0.15, 0.2) is 24.3 Å². The van der Waals surface area contributed by atoms with Crippen molar-refractivity contribution in [1.29, 1.82) is 0 Å². The number of nitrogens with zero attached hydrogens (tertiary/aromatic N) is 5. The van der Waals surface area contributed by atoms with Gasteiger partial charge in [-0.05, 0) is 30.7 Å². The molecule has 0 bridgehead atoms. The van der Waals surface area contributed by atoms with E-state index in [9.17, 15) is 14.4 Å². The minimum Gasteiger partial charge on any atom is -0.352 e. The van der Waals surface area contributed by atoms with Crippen LogP contribution in [0.4, 0.5) is 0 Å². The van der Waals surface area contributed by atoms with E-state index in [2.05, 4.69) is 20.7 Å². The normalized spacial score (nSPS) is 14.5. The van der Waals surface area contributed by atoms with Gasteiger partial charge >= 0.3 is 0 Å². The van der Waals surface area contributed by atoms with Gasteiger partial charge in [-0.2, -0.15) is 4.80 Å². The van der Waals surface area contributed by atoms with Gasteiger partial charge < -0.3 is 5.32 Å². The van der Waals surface area contributed by atoms with Gasteiger partial charge in [-0.1, -0.05) is 19.1 Å². The van der Waals surface area contributed by atoms with Crippen LogP contribution in [0, 0.1) is 0 Å². The average Bonchev–Trinajstić information content (AvgIpc) is 3.17. The van der Waals surface area contributed by atoms with Crippen molar-refractivity contribution in [2.45, 2.75) is 39.3 Å². The van der Waals surface area contributed by atoms with Crippen molar-refractivity contribution < 1.29 is 14.4 Å². The van der Waals surface area contributed by atoms with Crippen LogP contribution in [0.5, 0.6) is 0 Å². The Labute approximate surface area is 150 Å². The maximum Gasteiger partial charge on any atom is 0.261 e. The minimum atomic E-state index is -0.314. The van der Waals surface area contributed by atoms with Gasteiger partial charge in [0.1, 0.15) is 6.54 Å². The lowest BCUT2D eigenvalue weighted by molar-refractivity contribution is -0.122. The number of benzene rings is 1. The van der Waals surface area contributed by atoms with Gasteiger partial charge in [0.15, 0.2) is 5.82 Å². The maximum atomic E-state index is 12.3. The number of aromatic nitrogens is 4. The van der Waals surface area contributed by atoms with E-state index in [0.29, 0.717) is 17.0 Å². The molecule has 2 heterocycles. The Morgan fingerprint density at radius 2 is 1.85 bits per heavy atom. The zero-order chi connectivity index (χ0) is 18.7. The fourth-order valence-electron chi connectivity index (χ4n) is 2.65. The third-order valence-electron chi connectivity index (χ3n) is 4.24. The smallest absolute Gasteiger partial charge is 0.261 e. The van der Waals surface area contributed by atoms with Crippen LogP contribution < -0.4 is 5.32 Å². The topological polar surface area (TPSA) is 110 Å². The Bertz CT molecular complexity index is 812. The predicted molar refractivity (Wildman–Crippen MR) is 91.2 cm³/mol. The van der Waals surface area contributed by atoms with Crippen LogP contribution in [0.25, 0.3) is 0 Å². The van der Waals surface area contributed by atoms with E-state index in [1.807, 2.05) is 13.8 Å². The van der Waals surface area contributed by atoms with Crippen molar-refractivity contribution in [2.24, 2.45) is 0 Å². The number of fused-ring (bicyclic) bond motifs is 1. The largest absolute Gasteiger partial charge is 0.352 e. The zero-order valence-electron chi connectivity index (χ0n) is 14.7. The molecule has 1 aliphatic heterocycles. The van der Waals surface area contributed by atoms with Crippen LogP contribution in [0.1, 0.15) is 46.8 Å². The monoisotopic (exact) mass is 356 g/mol. The van der Waals surface area contributed by atoms with E-state index in [0.717, 1.165) is 6.42 Å². The standard InChI is InChI=1S/C17H20N6O3/c1-3-11(2)18-15(24)10-23-20-14(19-21-23)8-9-22-16(25)12-6-4-5-7-13(12)17(22)26/h4-7,11H,3,8-10H2,1-2H3,(H,18,24)/t11-/m0/s1. The molecule has 2 aromatic rings. The van der Waals surface area contributed by atoms with Crippen molar-refractivity contribution in [3.63, 3.8) is 0 Å². The molecule has 0 radical (unpaired) electrons. The molecule has 9 heteroatoms. The van der Waals surface area contributed by atoms with Crippen LogP contribution in [0.3, 0.4) is 0 Å². The summed E-state index contributed by atoms with van der Waals surface area (Å²) in [4.78, 5) is 38.8. The van der Waals surface area contributed by atoms with Crippen molar-refractivity contribution >= 4 is 17.7 Å². The first-order valence-electron chi connectivity index (χ1n) is 8.51. The van der Waals surface area contributed by atoms with E-state index in [1.165, 1.54) is 9.70 Å². The summed E-state index contributed by atoms with van der Waals surface area (Å²) in [6.45, 7) is 4.04. The second-order valence-corrected chi connectivity index (χ2v) is 6.17. The molecule has 26 heavy (non-hydrogen) atoms. The Kier molecular flexibility index (Phi) is 5.06. The predicted octanol–water partition coefficient (Wildman–Crippen LogP) is 0.426. The van der Waals surface area contributed by atoms with Gasteiger partial charge in [0, 0.05) is 19.0 Å². The number of carbonyl (C=O) groups is 3. The number of nitrogens with one attached hydrogen (secondary N) is 1. The molecule has 1 aliphatic rings. The Morgan fingerprint density at radius 3 is 2.46 bits per heavy atom. The van der Waals surface area contributed by atoms with Gasteiger partial charge in [0.25, 0.3) is 11.8 Å². The molecular weight excluding hydrogens is 336 g/mol. The molecule has 1 N–H and O–H groups in total. The molecule has 0 unspecified atom stereocenters. The molecule has 0 spiro atoms. The lowest BCUT2D eigenvalue weighted by Crippen LogP contribution is -2.35. The van der Waals surface area contributed by atoms with E-state index in [-0.39, 0.29) is 43.3 Å². The van der Waals surface area contributed by atoms with Gasteiger partial charge in [0.2, 0.25) is 5.91 Å². The molecule has 1 aromatic carbocycles. The number of carbonyl (C=O) groups excluding carboxylic acids is 3. The van der Waals surface area contributed by atoms with E-state index >= 15 is 0 Å². The SMILES string of the molecule is CC[C@H](C)NC(=O)Cn1nnc(CCN2C(=O)c3ccccc3C2=O)n1. The first-order valence-corrected chi connectivity index (χ1v) is 8.51. The molecule has 9 nitrogen and oxygen atoms in total. The minimum absolute atomic E-state index is 0.0235. The molecule has 0 fully saturated rings. The van der Waals surface area contributed by atoms with Crippen LogP contribution >= 0.6 is 0 Å². The molecular formula is C17H20N6O3. The summed E-state index contributed by atoms with van der Waals surface area (Å²) >= 11 is 0. The summed E-state index contributed by atoms with van der Waals surface area (Å²) in [5.41, 5.74) is 0.826. The van der Waals surface area contributed by atoms with Gasteiger partial charge in [-0.15, -0.1) is 10.2 Å². The molecule has 3 rings (SSSR count). The van der Waals surface area contributed by atoms with Gasteiger partial charge in [0.05, 0.1) is 11.1 Å². The second-order valence-electron chi connectivity index (χ2n) is 6.17. The third kappa shape index (κ3) is 3.61. The number of rotatable bonds is 7. The molecule has 0 saturated carbocycles. The molecule has 0 saturated heterocycles. The Morgan fingerprint density at radius 1 is 1.19 bits per heavy atom. The molecule has 1 atom stereocenters. The number of hydrogen-bond acceptors (Lipinski definition) is 6. The number of tetrazole rings is 1. The highest BCUT2D eigenvalue weighted by molar-refractivity contribution is 6.21. The van der Waals surface area contributed by atoms with Gasteiger partial charge in [-0.25, -0.2) is 0 Å². The van der Waals surface area contributed by atoms with Crippen LogP contribution in [0.2, 0.25) is 0 Å². The Hall–Kier alpha value is -3.10. The van der Waals surface area contributed by atoms with Crippen molar-refractivity contribution in [1.82, 2.24) is 30.4 Å². The molecule has 0 aliphatic carbocycles. The fraction of sp³-hybridized carbons (Fsp3) is 0.412. The first-order chi connectivity index (χ1) is 12.5. The highest BCUT2D eigenvalue weighted by Gasteiger charge is 2.34. The lowest BCUT2D eigenvalue weighted by atomic mass is 10.1. The number of hydrogen-bond donors (Lipinski definition) is 1. The highest BCUT2D eigenvalue weighted by Crippen LogP contribution is 2.22. The fourth-order valence-corrected chi connectivity index (χ4v) is 2.65. The summed E-state index contributed by atoms with van der Waals surface area (Å²) in [6.07, 6.45) is 1.11. The molecule has 1 aromatic heterocycles. The Balaban J connectivity index is 1.57. The van der Waals surface area contributed by atoms with E-state index < -0.39 is 0 Å². The summed E-state index contributed by atoms with van der Waals surface area (Å²) in [5.74, 6) is -0.446. The number of amides is 3. The second kappa shape index (κ2) is 7.42. The van der Waals surface area contributed by atoms with Crippen molar-refractivity contribution in [3.8, 4) is 0 Å². The quantitative estimate of drug-likeness (QED) is 0.720. The summed E-state index contributed by atoms with van der Waals surface area (Å²) in [6, 6.07) is 6.82. The summed E-state index contributed by atoms with van der Waals surface area (Å²) in [7, 11) is 0. The zero-order valence-corrected chi connectivity index (χ0v) is 14.7. The summed E-state index contributed by atoms with van der Waals surface area (Å²) in [5, 5.41) is 14.7. The van der Waals surface area contributed by atoms with Crippen LogP contribution in [-0.2, 0) is 17.8 Å². The van der Waals surface area contributed by atoms with Crippen LogP contribution in [-0.4, -0.2) is 55.4 Å². The molecule has 136 valence electrons. The molecule has 3 amide bonds. The maximum absolute atomic E-state index is 12.3. The van der Waals surface area contributed by atoms with E-state index in [1.54, 1.807) is 24.3 Å². The van der Waals surface area contributed by atoms with Gasteiger partial charge in [-0.3, -0.25) is 19.3 Å².